The minimum atomic E-state index is -0.585. The van der Waals surface area contributed by atoms with Gasteiger partial charge in [-0.25, -0.2) is 0 Å². The second kappa shape index (κ2) is 7.86. The van der Waals surface area contributed by atoms with E-state index in [1.54, 1.807) is 0 Å². The molecule has 6 nitrogen and oxygen atoms in total. The van der Waals surface area contributed by atoms with Crippen molar-refractivity contribution >= 4 is 5.82 Å². The minimum absolute atomic E-state index is 0.0223. The van der Waals surface area contributed by atoms with E-state index in [0.717, 1.165) is 5.56 Å². The van der Waals surface area contributed by atoms with Gasteiger partial charge in [-0.3, -0.25) is 9.69 Å². The molecule has 0 saturated heterocycles. The summed E-state index contributed by atoms with van der Waals surface area (Å²) in [7, 11) is 0. The molecule has 2 aromatic rings. The molecule has 2 rings (SSSR count). The molecule has 1 heterocycles. The van der Waals surface area contributed by atoms with E-state index >= 15 is 0 Å². The third-order valence-electron chi connectivity index (χ3n) is 4.43. The number of benzene rings is 1. The normalized spacial score (nSPS) is 11.0. The molecule has 6 heteroatoms. The van der Waals surface area contributed by atoms with Crippen molar-refractivity contribution in [1.29, 1.82) is 10.5 Å². The number of H-pyrrole nitrogens is 1. The highest BCUT2D eigenvalue weighted by molar-refractivity contribution is 5.81. The molecule has 0 unspecified atom stereocenters. The molecule has 0 saturated carbocycles. The number of nitrogen functional groups attached to an aromatic ring is 1. The van der Waals surface area contributed by atoms with Gasteiger partial charge in [0.05, 0.1) is 0 Å². The van der Waals surface area contributed by atoms with Crippen LogP contribution in [0.5, 0.6) is 0 Å². The van der Waals surface area contributed by atoms with E-state index in [2.05, 4.69) is 37.6 Å². The fourth-order valence-corrected chi connectivity index (χ4v) is 3.17. The van der Waals surface area contributed by atoms with Crippen molar-refractivity contribution in [2.75, 3.05) is 5.73 Å². The first-order chi connectivity index (χ1) is 12.3. The van der Waals surface area contributed by atoms with Crippen molar-refractivity contribution in [3.63, 3.8) is 0 Å². The van der Waals surface area contributed by atoms with E-state index in [-0.39, 0.29) is 16.9 Å². The molecule has 0 fully saturated rings. The Labute approximate surface area is 153 Å². The Hall–Kier alpha value is -3.09. The Bertz CT molecular complexity index is 936. The zero-order chi connectivity index (χ0) is 19.4. The average molecular weight is 349 g/mol. The van der Waals surface area contributed by atoms with Gasteiger partial charge in [-0.05, 0) is 38.8 Å². The predicted molar refractivity (Wildman–Crippen MR) is 102 cm³/mol. The van der Waals surface area contributed by atoms with Crippen LogP contribution in [-0.4, -0.2) is 22.0 Å². The Morgan fingerprint density at radius 1 is 1.08 bits per heavy atom. The number of aromatic nitrogens is 1. The zero-order valence-electron chi connectivity index (χ0n) is 15.5. The van der Waals surface area contributed by atoms with Gasteiger partial charge in [0.1, 0.15) is 29.1 Å². The summed E-state index contributed by atoms with van der Waals surface area (Å²) in [5.41, 5.74) is 7.21. The molecular weight excluding hydrogens is 326 g/mol. The minimum Gasteiger partial charge on any atom is -0.384 e. The Kier molecular flexibility index (Phi) is 5.82. The van der Waals surface area contributed by atoms with Crippen molar-refractivity contribution in [3.05, 3.63) is 51.3 Å². The van der Waals surface area contributed by atoms with Gasteiger partial charge in [-0.2, -0.15) is 10.5 Å². The van der Waals surface area contributed by atoms with Crippen LogP contribution >= 0.6 is 0 Å². The summed E-state index contributed by atoms with van der Waals surface area (Å²) in [4.78, 5) is 16.9. The maximum atomic E-state index is 12.2. The number of anilines is 1. The van der Waals surface area contributed by atoms with E-state index in [0.29, 0.717) is 29.8 Å². The maximum Gasteiger partial charge on any atom is 0.268 e. The highest BCUT2D eigenvalue weighted by atomic mass is 16.1. The summed E-state index contributed by atoms with van der Waals surface area (Å²) < 4.78 is 0. The Morgan fingerprint density at radius 2 is 1.65 bits per heavy atom. The molecule has 1 aromatic carbocycles. The van der Waals surface area contributed by atoms with Crippen LogP contribution in [0.4, 0.5) is 5.82 Å². The van der Waals surface area contributed by atoms with Gasteiger partial charge in [0.15, 0.2) is 0 Å². The third-order valence-corrected chi connectivity index (χ3v) is 4.43. The van der Waals surface area contributed by atoms with Crippen molar-refractivity contribution in [3.8, 4) is 23.3 Å². The average Bonchev–Trinajstić information content (AvgIpc) is 2.59. The number of nitriles is 2. The molecule has 26 heavy (non-hydrogen) atoms. The lowest BCUT2D eigenvalue weighted by Gasteiger charge is -2.31. The van der Waals surface area contributed by atoms with Crippen molar-refractivity contribution in [2.24, 2.45) is 0 Å². The monoisotopic (exact) mass is 349 g/mol. The number of pyridine rings is 1. The van der Waals surface area contributed by atoms with E-state index in [4.69, 9.17) is 5.73 Å². The largest absolute Gasteiger partial charge is 0.384 e. The Balaban J connectivity index is 2.75. The van der Waals surface area contributed by atoms with Crippen LogP contribution in [0.2, 0.25) is 0 Å². The first-order valence-electron chi connectivity index (χ1n) is 8.51. The van der Waals surface area contributed by atoms with E-state index in [1.165, 1.54) is 0 Å². The number of hydrogen-bond acceptors (Lipinski definition) is 5. The molecule has 0 amide bonds. The molecular formula is C20H23N5O. The van der Waals surface area contributed by atoms with E-state index in [9.17, 15) is 15.3 Å². The standard InChI is InChI=1S/C20H23N5O/c1-12(2)25(13(3)4)11-14-7-5-6-8-15(14)18-16(9-21)19(23)24-20(26)17(18)10-22/h5-8,12-13H,11H2,1-4H3,(H3,23,24,26). The summed E-state index contributed by atoms with van der Waals surface area (Å²) in [6.45, 7) is 9.11. The second-order valence-electron chi connectivity index (χ2n) is 6.73. The maximum absolute atomic E-state index is 12.2. The summed E-state index contributed by atoms with van der Waals surface area (Å²) in [5, 5.41) is 19.0. The van der Waals surface area contributed by atoms with Gasteiger partial charge >= 0.3 is 0 Å². The number of nitrogens with one attached hydrogen (secondary N) is 1. The highest BCUT2D eigenvalue weighted by Gasteiger charge is 2.22. The van der Waals surface area contributed by atoms with Crippen LogP contribution in [0.3, 0.4) is 0 Å². The second-order valence-corrected chi connectivity index (χ2v) is 6.73. The number of nitrogens with two attached hydrogens (primary N) is 1. The molecule has 0 aliphatic heterocycles. The summed E-state index contributed by atoms with van der Waals surface area (Å²) in [6.07, 6.45) is 0. The number of hydrogen-bond donors (Lipinski definition) is 2. The summed E-state index contributed by atoms with van der Waals surface area (Å²) >= 11 is 0. The summed E-state index contributed by atoms with van der Waals surface area (Å²) in [6, 6.07) is 12.1. The molecule has 3 N–H and O–H groups in total. The lowest BCUT2D eigenvalue weighted by atomic mass is 9.92. The molecule has 1 aromatic heterocycles. The fraction of sp³-hybridized carbons (Fsp3) is 0.350. The third kappa shape index (κ3) is 3.61. The van der Waals surface area contributed by atoms with E-state index in [1.807, 2.05) is 36.4 Å². The SMILES string of the molecule is CC(C)N(Cc1ccccc1-c1c(C#N)c(N)[nH]c(=O)c1C#N)C(C)C. The van der Waals surface area contributed by atoms with E-state index < -0.39 is 5.56 Å². The smallest absolute Gasteiger partial charge is 0.268 e. The zero-order valence-corrected chi connectivity index (χ0v) is 15.5. The van der Waals surface area contributed by atoms with Crippen molar-refractivity contribution in [1.82, 2.24) is 9.88 Å². The van der Waals surface area contributed by atoms with Crippen LogP contribution in [0.25, 0.3) is 11.1 Å². The van der Waals surface area contributed by atoms with Gasteiger partial charge < -0.3 is 10.7 Å². The molecule has 0 spiro atoms. The highest BCUT2D eigenvalue weighted by Crippen LogP contribution is 2.32. The molecule has 0 aliphatic carbocycles. The van der Waals surface area contributed by atoms with Gasteiger partial charge in [-0.15, -0.1) is 0 Å². The Morgan fingerprint density at radius 3 is 2.19 bits per heavy atom. The quantitative estimate of drug-likeness (QED) is 0.862. The fourth-order valence-electron chi connectivity index (χ4n) is 3.17. The summed E-state index contributed by atoms with van der Waals surface area (Å²) in [5.74, 6) is -0.0223. The van der Waals surface area contributed by atoms with Gasteiger partial charge in [0, 0.05) is 24.2 Å². The lowest BCUT2D eigenvalue weighted by Crippen LogP contribution is -2.36. The molecule has 134 valence electrons. The number of nitrogens with zero attached hydrogens (tertiary/aromatic N) is 3. The molecule has 0 radical (unpaired) electrons. The van der Waals surface area contributed by atoms with Crippen LogP contribution < -0.4 is 11.3 Å². The van der Waals surface area contributed by atoms with Crippen molar-refractivity contribution < 1.29 is 0 Å². The van der Waals surface area contributed by atoms with Crippen LogP contribution in [0, 0.1) is 22.7 Å². The number of aromatic amines is 1. The van der Waals surface area contributed by atoms with Gasteiger partial charge in [-0.1, -0.05) is 24.3 Å². The number of rotatable bonds is 5. The van der Waals surface area contributed by atoms with Crippen LogP contribution in [0.15, 0.2) is 29.1 Å². The van der Waals surface area contributed by atoms with Gasteiger partial charge in [0.2, 0.25) is 0 Å². The predicted octanol–water partition coefficient (Wildman–Crippen LogP) is 2.99. The molecule has 0 bridgehead atoms. The molecule has 0 aliphatic rings. The van der Waals surface area contributed by atoms with Crippen LogP contribution in [0.1, 0.15) is 44.4 Å². The topological polar surface area (TPSA) is 110 Å². The molecule has 0 atom stereocenters. The van der Waals surface area contributed by atoms with Crippen molar-refractivity contribution in [2.45, 2.75) is 46.3 Å². The first kappa shape index (κ1) is 19.2. The van der Waals surface area contributed by atoms with Gasteiger partial charge in [0.25, 0.3) is 5.56 Å². The van der Waals surface area contributed by atoms with Crippen LogP contribution in [-0.2, 0) is 6.54 Å². The first-order valence-corrected chi connectivity index (χ1v) is 8.51. The lowest BCUT2D eigenvalue weighted by molar-refractivity contribution is 0.166.